The lowest BCUT2D eigenvalue weighted by atomic mass is 9.97. The Labute approximate surface area is 248 Å². The third-order valence-electron chi connectivity index (χ3n) is 7.55. The molecule has 4 rings (SSSR count). The number of allylic oxidation sites excluding steroid dienone is 1. The predicted molar refractivity (Wildman–Crippen MR) is 171 cm³/mol. The van der Waals surface area contributed by atoms with Gasteiger partial charge < -0.3 is 25.1 Å². The van der Waals surface area contributed by atoms with Crippen LogP contribution in [-0.4, -0.2) is 80.4 Å². The molecule has 0 aliphatic carbocycles. The average molecular weight is 571 g/mol. The van der Waals surface area contributed by atoms with Crippen LogP contribution in [0.2, 0.25) is 0 Å². The molecule has 0 spiro atoms. The van der Waals surface area contributed by atoms with Crippen molar-refractivity contribution in [3.8, 4) is 22.7 Å². The number of amides is 1. The Bertz CT molecular complexity index is 1470. The maximum Gasteiger partial charge on any atom is 0.250 e. The maximum absolute atomic E-state index is 13.0. The van der Waals surface area contributed by atoms with Crippen LogP contribution in [0.1, 0.15) is 30.9 Å². The first kappa shape index (κ1) is 30.7. The summed E-state index contributed by atoms with van der Waals surface area (Å²) < 4.78 is 12.8. The van der Waals surface area contributed by atoms with Crippen molar-refractivity contribution in [1.82, 2.24) is 14.7 Å². The number of rotatable bonds is 12. The van der Waals surface area contributed by atoms with Crippen LogP contribution in [-0.2, 0) is 9.53 Å². The molecule has 2 heterocycles. The number of aromatic nitrogens is 2. The van der Waals surface area contributed by atoms with E-state index in [1.807, 2.05) is 69.4 Å². The highest BCUT2D eigenvalue weighted by atomic mass is 16.5. The van der Waals surface area contributed by atoms with Gasteiger partial charge in [0.1, 0.15) is 17.3 Å². The summed E-state index contributed by atoms with van der Waals surface area (Å²) in [4.78, 5) is 16.9. The van der Waals surface area contributed by atoms with Gasteiger partial charge in [-0.25, -0.2) is 4.68 Å². The number of benzene rings is 2. The number of nitrogens with zero attached hydrogens (tertiary/aromatic N) is 4. The Morgan fingerprint density at radius 1 is 1.24 bits per heavy atom. The van der Waals surface area contributed by atoms with Gasteiger partial charge in [0.2, 0.25) is 5.91 Å². The van der Waals surface area contributed by atoms with Gasteiger partial charge in [-0.3, -0.25) is 9.69 Å². The Balaban J connectivity index is 1.70. The number of ether oxygens (including phenoxy) is 2. The molecule has 1 aliphatic heterocycles. The lowest BCUT2D eigenvalue weighted by Crippen LogP contribution is -2.36. The Kier molecular flexibility index (Phi) is 10.3. The molecule has 0 unspecified atom stereocenters. The van der Waals surface area contributed by atoms with Gasteiger partial charge in [0.05, 0.1) is 31.6 Å². The summed E-state index contributed by atoms with van der Waals surface area (Å²) in [6, 6.07) is 13.6. The predicted octanol–water partition coefficient (Wildman–Crippen LogP) is 5.47. The molecule has 1 fully saturated rings. The number of nitrogens with one attached hydrogen (secondary N) is 2. The van der Waals surface area contributed by atoms with Crippen LogP contribution >= 0.6 is 0 Å². The zero-order chi connectivity index (χ0) is 30.2. The van der Waals surface area contributed by atoms with E-state index < -0.39 is 0 Å². The largest absolute Gasteiger partial charge is 0.496 e. The molecule has 222 valence electrons. The van der Waals surface area contributed by atoms with Gasteiger partial charge in [0.25, 0.3) is 0 Å². The number of anilines is 2. The van der Waals surface area contributed by atoms with E-state index in [1.165, 1.54) is 0 Å². The van der Waals surface area contributed by atoms with E-state index in [-0.39, 0.29) is 5.91 Å². The van der Waals surface area contributed by atoms with Gasteiger partial charge in [-0.15, -0.1) is 0 Å². The van der Waals surface area contributed by atoms with E-state index in [0.717, 1.165) is 66.5 Å². The van der Waals surface area contributed by atoms with E-state index >= 15 is 0 Å². The van der Waals surface area contributed by atoms with Gasteiger partial charge in [-0.2, -0.15) is 5.10 Å². The van der Waals surface area contributed by atoms with Gasteiger partial charge >= 0.3 is 0 Å². The molecule has 42 heavy (non-hydrogen) atoms. The van der Waals surface area contributed by atoms with Crippen molar-refractivity contribution in [3.05, 3.63) is 77.9 Å². The fraction of sp³-hybridized carbons (Fsp3) is 0.364. The Morgan fingerprint density at radius 2 is 2.00 bits per heavy atom. The summed E-state index contributed by atoms with van der Waals surface area (Å²) >= 11 is 0. The van der Waals surface area contributed by atoms with Crippen molar-refractivity contribution in [2.75, 3.05) is 64.3 Å². The summed E-state index contributed by atoms with van der Waals surface area (Å²) in [5, 5.41) is 17.4. The van der Waals surface area contributed by atoms with Gasteiger partial charge in [0, 0.05) is 63.2 Å². The van der Waals surface area contributed by atoms with Gasteiger partial charge in [-0.05, 0) is 43.2 Å². The molecule has 1 aliphatic rings. The smallest absolute Gasteiger partial charge is 0.250 e. The van der Waals surface area contributed by atoms with Crippen molar-refractivity contribution in [3.63, 3.8) is 0 Å². The fourth-order valence-electron chi connectivity index (χ4n) is 4.91. The zero-order valence-electron chi connectivity index (χ0n) is 25.4. The lowest BCUT2D eigenvalue weighted by molar-refractivity contribution is -0.113. The third kappa shape index (κ3) is 6.98. The standard InChI is InChI=1S/C33H42N6O3/c1-7-23(2)20-28(34)31-32(25-14-13-24(3)29(21-25)41-6)36-39(33(31)35-4)27-11-8-10-26(22-27)37(5)30(40)12-9-15-38-16-18-42-19-17-38/h8-14,21-22,34-35H,2,7,15-20H2,1,3-6H3/b12-9+,34-28?. The van der Waals surface area contributed by atoms with Crippen LogP contribution in [0.15, 0.2) is 66.8 Å². The number of aryl methyl sites for hydroxylation is 1. The van der Waals surface area contributed by atoms with Crippen LogP contribution in [0.4, 0.5) is 11.5 Å². The molecule has 0 bridgehead atoms. The minimum Gasteiger partial charge on any atom is -0.496 e. The van der Waals surface area contributed by atoms with Crippen molar-refractivity contribution in [2.24, 2.45) is 0 Å². The highest BCUT2D eigenvalue weighted by molar-refractivity contribution is 6.09. The lowest BCUT2D eigenvalue weighted by Gasteiger charge is -2.25. The zero-order valence-corrected chi connectivity index (χ0v) is 25.4. The second-order valence-electron chi connectivity index (χ2n) is 10.4. The van der Waals surface area contributed by atoms with Gasteiger partial charge in [0.15, 0.2) is 0 Å². The molecule has 9 nitrogen and oxygen atoms in total. The first-order chi connectivity index (χ1) is 20.3. The van der Waals surface area contributed by atoms with Crippen molar-refractivity contribution >= 4 is 23.1 Å². The van der Waals surface area contributed by atoms with Gasteiger partial charge in [-0.1, -0.05) is 43.4 Å². The second-order valence-corrected chi connectivity index (χ2v) is 10.4. The van der Waals surface area contributed by atoms with E-state index in [4.69, 9.17) is 20.0 Å². The summed E-state index contributed by atoms with van der Waals surface area (Å²) in [7, 11) is 5.25. The number of carbonyl (C=O) groups is 1. The highest BCUT2D eigenvalue weighted by Crippen LogP contribution is 2.35. The first-order valence-electron chi connectivity index (χ1n) is 14.3. The number of methoxy groups -OCH3 is 1. The summed E-state index contributed by atoms with van der Waals surface area (Å²) in [6.45, 7) is 12.1. The third-order valence-corrected chi connectivity index (χ3v) is 7.55. The SMILES string of the molecule is C=C(CC)CC(=N)c1c(-c2ccc(C)c(OC)c2)nn(-c2cccc(N(C)C(=O)/C=C/CN3CCOCC3)c2)c1NC. The molecule has 3 aromatic rings. The normalized spacial score (nSPS) is 13.7. The molecule has 0 saturated carbocycles. The molecular formula is C33H42N6O3. The number of likely N-dealkylation sites (N-methyl/N-ethyl adjacent to an activating group) is 1. The molecular weight excluding hydrogens is 528 g/mol. The summed E-state index contributed by atoms with van der Waals surface area (Å²) in [6.07, 6.45) is 4.77. The molecule has 1 aromatic heterocycles. The molecule has 2 N–H and O–H groups in total. The minimum atomic E-state index is -0.109. The van der Waals surface area contributed by atoms with E-state index in [0.29, 0.717) is 35.8 Å². The van der Waals surface area contributed by atoms with Crippen molar-refractivity contribution in [1.29, 1.82) is 5.41 Å². The number of carbonyl (C=O) groups excluding carboxylic acids is 1. The van der Waals surface area contributed by atoms with Crippen LogP contribution in [0.25, 0.3) is 16.9 Å². The van der Waals surface area contributed by atoms with E-state index in [9.17, 15) is 4.79 Å². The molecule has 9 heteroatoms. The topological polar surface area (TPSA) is 95.7 Å². The summed E-state index contributed by atoms with van der Waals surface area (Å²) in [5.41, 5.74) is 6.16. The molecule has 0 atom stereocenters. The minimum absolute atomic E-state index is 0.109. The summed E-state index contributed by atoms with van der Waals surface area (Å²) in [5.74, 6) is 1.34. The Morgan fingerprint density at radius 3 is 2.69 bits per heavy atom. The molecule has 1 saturated heterocycles. The maximum atomic E-state index is 13.0. The Hall–Kier alpha value is -4.21. The van der Waals surface area contributed by atoms with Crippen molar-refractivity contribution in [2.45, 2.75) is 26.7 Å². The quantitative estimate of drug-likeness (QED) is 0.170. The van der Waals surface area contributed by atoms with E-state index in [1.54, 1.807) is 29.8 Å². The van der Waals surface area contributed by atoms with Crippen LogP contribution in [0.5, 0.6) is 5.75 Å². The molecule has 0 radical (unpaired) electrons. The fourth-order valence-corrected chi connectivity index (χ4v) is 4.91. The van der Waals surface area contributed by atoms with Crippen molar-refractivity contribution < 1.29 is 14.3 Å². The van der Waals surface area contributed by atoms with Crippen LogP contribution in [0, 0.1) is 12.3 Å². The monoisotopic (exact) mass is 570 g/mol. The van der Waals surface area contributed by atoms with E-state index in [2.05, 4.69) is 16.8 Å². The van der Waals surface area contributed by atoms with Crippen LogP contribution < -0.4 is 15.0 Å². The molecule has 2 aromatic carbocycles. The van der Waals surface area contributed by atoms with Crippen LogP contribution in [0.3, 0.4) is 0 Å². The number of morpholine rings is 1. The number of hydrogen-bond acceptors (Lipinski definition) is 7. The molecule has 1 amide bonds. The average Bonchev–Trinajstić information content (AvgIpc) is 3.41. The highest BCUT2D eigenvalue weighted by Gasteiger charge is 2.24. The first-order valence-corrected chi connectivity index (χ1v) is 14.3. The second kappa shape index (κ2) is 14.1. The number of hydrogen-bond donors (Lipinski definition) is 2.